The Morgan fingerprint density at radius 1 is 0.944 bits per heavy atom. The molecule has 1 amide bonds. The van der Waals surface area contributed by atoms with Crippen LogP contribution in [0.3, 0.4) is 0 Å². The lowest BCUT2D eigenvalue weighted by Gasteiger charge is -2.19. The summed E-state index contributed by atoms with van der Waals surface area (Å²) in [5.41, 5.74) is 5.83. The van der Waals surface area contributed by atoms with E-state index in [-0.39, 0.29) is 24.5 Å². The summed E-state index contributed by atoms with van der Waals surface area (Å²) in [6.07, 6.45) is 4.02. The highest BCUT2D eigenvalue weighted by molar-refractivity contribution is 5.79. The van der Waals surface area contributed by atoms with Gasteiger partial charge < -0.3 is 19.7 Å². The fourth-order valence-electron chi connectivity index (χ4n) is 5.80. The predicted molar refractivity (Wildman–Crippen MR) is 138 cm³/mol. The van der Waals surface area contributed by atoms with Gasteiger partial charge in [-0.2, -0.15) is 0 Å². The maximum Gasteiger partial charge on any atom is 0.407 e. The fourth-order valence-corrected chi connectivity index (χ4v) is 5.80. The normalized spacial score (nSPS) is 20.6. The molecule has 182 valence electrons. The standard InChI is InChI=1S/C30H29N3O3/c34-28-17-20(18-33-15-14-31-29(33)21-8-2-1-3-9-21)16-27(28)32-30(35)36-19-26-24-12-6-4-10-22(24)23-11-5-7-13-25(23)26/h1-15,20,26-28,34H,16-19H2,(H,32,35)/t20?,27-,28-/m1/s1. The number of carbonyl (C=O) groups is 1. The van der Waals surface area contributed by atoms with Crippen LogP contribution >= 0.6 is 0 Å². The third-order valence-corrected chi connectivity index (χ3v) is 7.48. The van der Waals surface area contributed by atoms with Gasteiger partial charge >= 0.3 is 6.09 Å². The Morgan fingerprint density at radius 3 is 2.33 bits per heavy atom. The van der Waals surface area contributed by atoms with Crippen molar-refractivity contribution >= 4 is 6.09 Å². The molecule has 36 heavy (non-hydrogen) atoms. The third kappa shape index (κ3) is 4.29. The minimum atomic E-state index is -0.598. The molecule has 6 nitrogen and oxygen atoms in total. The molecule has 0 aliphatic heterocycles. The van der Waals surface area contributed by atoms with Crippen LogP contribution in [0.5, 0.6) is 0 Å². The molecule has 1 fully saturated rings. The van der Waals surface area contributed by atoms with Crippen LogP contribution in [0.25, 0.3) is 22.5 Å². The number of aromatic nitrogens is 2. The quantitative estimate of drug-likeness (QED) is 0.397. The summed E-state index contributed by atoms with van der Waals surface area (Å²) in [5, 5.41) is 13.6. The van der Waals surface area contributed by atoms with E-state index in [2.05, 4.69) is 39.1 Å². The molecule has 0 spiro atoms. The lowest BCUT2D eigenvalue weighted by atomic mass is 9.98. The number of amides is 1. The summed E-state index contributed by atoms with van der Waals surface area (Å²) in [6, 6.07) is 26.3. The highest BCUT2D eigenvalue weighted by Crippen LogP contribution is 2.44. The van der Waals surface area contributed by atoms with Crippen molar-refractivity contribution in [1.29, 1.82) is 0 Å². The lowest BCUT2D eigenvalue weighted by molar-refractivity contribution is 0.115. The van der Waals surface area contributed by atoms with Crippen molar-refractivity contribution in [3.63, 3.8) is 0 Å². The maximum atomic E-state index is 12.7. The first-order valence-corrected chi connectivity index (χ1v) is 12.5. The van der Waals surface area contributed by atoms with Gasteiger partial charge in [0.15, 0.2) is 0 Å². The Bertz CT molecular complexity index is 1320. The molecule has 0 radical (unpaired) electrons. The number of fused-ring (bicyclic) bond motifs is 3. The van der Waals surface area contributed by atoms with E-state index in [1.165, 1.54) is 22.3 Å². The SMILES string of the molecule is O=C(N[C@@H]1CC(Cn2ccnc2-c2ccccc2)C[C@H]1O)OCC1c2ccccc2-c2ccccc21. The van der Waals surface area contributed by atoms with Gasteiger partial charge in [-0.3, -0.25) is 0 Å². The van der Waals surface area contributed by atoms with Gasteiger partial charge in [-0.25, -0.2) is 9.78 Å². The van der Waals surface area contributed by atoms with Crippen LogP contribution in [0, 0.1) is 5.92 Å². The van der Waals surface area contributed by atoms with Gasteiger partial charge in [0, 0.05) is 30.4 Å². The second-order valence-corrected chi connectivity index (χ2v) is 9.75. The van der Waals surface area contributed by atoms with Gasteiger partial charge in [0.1, 0.15) is 12.4 Å². The number of rotatable bonds is 6. The van der Waals surface area contributed by atoms with Crippen molar-refractivity contribution < 1.29 is 14.6 Å². The number of ether oxygens (including phenoxy) is 1. The van der Waals surface area contributed by atoms with E-state index in [0.717, 1.165) is 17.9 Å². The molecule has 2 N–H and O–H groups in total. The van der Waals surface area contributed by atoms with Crippen LogP contribution in [0.2, 0.25) is 0 Å². The number of aliphatic hydroxyl groups excluding tert-OH is 1. The Balaban J connectivity index is 1.07. The van der Waals surface area contributed by atoms with Crippen LogP contribution in [0.4, 0.5) is 4.79 Å². The molecule has 1 aromatic heterocycles. The summed E-state index contributed by atoms with van der Waals surface area (Å²) in [6.45, 7) is 1.01. The van der Waals surface area contributed by atoms with Crippen molar-refractivity contribution in [1.82, 2.24) is 14.9 Å². The van der Waals surface area contributed by atoms with E-state index in [1.54, 1.807) is 6.20 Å². The van der Waals surface area contributed by atoms with Gasteiger partial charge in [-0.15, -0.1) is 0 Å². The molecule has 2 aliphatic rings. The Kier molecular flexibility index (Phi) is 6.03. The number of alkyl carbamates (subject to hydrolysis) is 1. The number of carbonyl (C=O) groups excluding carboxylic acids is 1. The first kappa shape index (κ1) is 22.6. The number of imidazole rings is 1. The second-order valence-electron chi connectivity index (χ2n) is 9.75. The van der Waals surface area contributed by atoms with Gasteiger partial charge in [-0.05, 0) is 41.0 Å². The summed E-state index contributed by atoms with van der Waals surface area (Å²) in [4.78, 5) is 17.2. The van der Waals surface area contributed by atoms with Crippen molar-refractivity contribution in [3.8, 4) is 22.5 Å². The van der Waals surface area contributed by atoms with Crippen LogP contribution in [-0.2, 0) is 11.3 Å². The monoisotopic (exact) mass is 479 g/mol. The second kappa shape index (κ2) is 9.63. The van der Waals surface area contributed by atoms with Crippen molar-refractivity contribution in [3.05, 3.63) is 102 Å². The van der Waals surface area contributed by atoms with Crippen LogP contribution in [0.15, 0.2) is 91.3 Å². The van der Waals surface area contributed by atoms with Crippen molar-refractivity contribution in [2.45, 2.75) is 37.5 Å². The summed E-state index contributed by atoms with van der Waals surface area (Å²) < 4.78 is 7.82. The average Bonchev–Trinajstić information content (AvgIpc) is 3.59. The van der Waals surface area contributed by atoms with Crippen LogP contribution in [-0.4, -0.2) is 39.5 Å². The summed E-state index contributed by atoms with van der Waals surface area (Å²) in [5.74, 6) is 1.16. The largest absolute Gasteiger partial charge is 0.449 e. The third-order valence-electron chi connectivity index (χ3n) is 7.48. The number of nitrogens with one attached hydrogen (secondary N) is 1. The smallest absolute Gasteiger partial charge is 0.407 e. The molecule has 0 saturated heterocycles. The van der Waals surface area contributed by atoms with Gasteiger partial charge in [0.2, 0.25) is 0 Å². The number of hydrogen-bond acceptors (Lipinski definition) is 4. The maximum absolute atomic E-state index is 12.7. The minimum Gasteiger partial charge on any atom is -0.449 e. The lowest BCUT2D eigenvalue weighted by Crippen LogP contribution is -2.40. The molecular weight excluding hydrogens is 450 g/mol. The Morgan fingerprint density at radius 2 is 1.61 bits per heavy atom. The molecule has 1 heterocycles. The molecule has 2 aliphatic carbocycles. The molecule has 0 bridgehead atoms. The first-order chi connectivity index (χ1) is 17.7. The van der Waals surface area contributed by atoms with Gasteiger partial charge in [-0.1, -0.05) is 78.9 Å². The number of nitrogens with zero attached hydrogens (tertiary/aromatic N) is 2. The predicted octanol–water partition coefficient (Wildman–Crippen LogP) is 5.23. The first-order valence-electron chi connectivity index (χ1n) is 12.5. The molecule has 4 aromatic rings. The number of aliphatic hydroxyl groups is 1. The van der Waals surface area contributed by atoms with E-state index in [9.17, 15) is 9.90 Å². The highest BCUT2D eigenvalue weighted by Gasteiger charge is 2.35. The van der Waals surface area contributed by atoms with Crippen molar-refractivity contribution in [2.24, 2.45) is 5.92 Å². The molecule has 3 atom stereocenters. The zero-order valence-electron chi connectivity index (χ0n) is 20.0. The molecule has 3 aromatic carbocycles. The fraction of sp³-hybridized carbons (Fsp3) is 0.267. The van der Waals surface area contributed by atoms with E-state index >= 15 is 0 Å². The summed E-state index contributed by atoms with van der Waals surface area (Å²) >= 11 is 0. The van der Waals surface area contributed by atoms with E-state index in [1.807, 2.05) is 60.8 Å². The molecule has 6 rings (SSSR count). The summed E-state index contributed by atoms with van der Waals surface area (Å²) in [7, 11) is 0. The van der Waals surface area contributed by atoms with E-state index in [0.29, 0.717) is 12.8 Å². The van der Waals surface area contributed by atoms with E-state index in [4.69, 9.17) is 4.74 Å². The highest BCUT2D eigenvalue weighted by atomic mass is 16.5. The van der Waals surface area contributed by atoms with Gasteiger partial charge in [0.05, 0.1) is 12.1 Å². The van der Waals surface area contributed by atoms with Crippen molar-refractivity contribution in [2.75, 3.05) is 6.61 Å². The Hall–Kier alpha value is -3.90. The molecular formula is C30H29N3O3. The van der Waals surface area contributed by atoms with Crippen LogP contribution in [0.1, 0.15) is 29.9 Å². The minimum absolute atomic E-state index is 0.0158. The molecule has 6 heteroatoms. The molecule has 1 saturated carbocycles. The average molecular weight is 480 g/mol. The zero-order chi connectivity index (χ0) is 24.5. The van der Waals surface area contributed by atoms with Crippen LogP contribution < -0.4 is 5.32 Å². The Labute approximate surface area is 210 Å². The zero-order valence-corrected chi connectivity index (χ0v) is 20.0. The molecule has 1 unspecified atom stereocenters. The number of hydrogen-bond donors (Lipinski definition) is 2. The number of benzene rings is 3. The van der Waals surface area contributed by atoms with E-state index < -0.39 is 12.2 Å². The topological polar surface area (TPSA) is 76.4 Å². The van der Waals surface area contributed by atoms with Gasteiger partial charge in [0.25, 0.3) is 0 Å².